The molecule has 0 saturated carbocycles. The van der Waals surface area contributed by atoms with Gasteiger partial charge in [-0.2, -0.15) is 0 Å². The van der Waals surface area contributed by atoms with Gasteiger partial charge >= 0.3 is 6.03 Å². The molecule has 2 rings (SSSR count). The minimum absolute atomic E-state index is 0.0995. The van der Waals surface area contributed by atoms with Gasteiger partial charge in [0.25, 0.3) is 0 Å². The van der Waals surface area contributed by atoms with Gasteiger partial charge in [-0.05, 0) is 24.5 Å². The molecule has 0 spiro atoms. The second-order valence-corrected chi connectivity index (χ2v) is 4.83. The molecule has 1 aliphatic heterocycles. The van der Waals surface area contributed by atoms with E-state index >= 15 is 0 Å². The van der Waals surface area contributed by atoms with Crippen molar-refractivity contribution in [3.63, 3.8) is 0 Å². The fourth-order valence-electron chi connectivity index (χ4n) is 2.10. The Morgan fingerprint density at radius 3 is 2.65 bits per heavy atom. The van der Waals surface area contributed by atoms with Crippen LogP contribution in [0.3, 0.4) is 0 Å². The Labute approximate surface area is 107 Å². The average molecular weight is 253 g/mol. The number of hydrogen-bond acceptors (Lipinski definition) is 1. The first-order valence-electron chi connectivity index (χ1n) is 5.92. The monoisotopic (exact) mass is 252 g/mol. The van der Waals surface area contributed by atoms with Crippen LogP contribution in [0.2, 0.25) is 5.02 Å². The molecule has 3 nitrogen and oxygen atoms in total. The Morgan fingerprint density at radius 1 is 1.35 bits per heavy atom. The summed E-state index contributed by atoms with van der Waals surface area (Å²) in [5.41, 5.74) is 0.990. The van der Waals surface area contributed by atoms with Crippen molar-refractivity contribution in [2.75, 3.05) is 20.1 Å². The molecule has 0 bridgehead atoms. The van der Waals surface area contributed by atoms with Gasteiger partial charge < -0.3 is 9.80 Å². The number of likely N-dealkylation sites (tertiary alicyclic amines) is 1. The van der Waals surface area contributed by atoms with Gasteiger partial charge in [-0.25, -0.2) is 4.79 Å². The van der Waals surface area contributed by atoms with Gasteiger partial charge in [0.1, 0.15) is 0 Å². The summed E-state index contributed by atoms with van der Waals surface area (Å²) < 4.78 is 0. The number of hydrogen-bond donors (Lipinski definition) is 0. The normalized spacial score (nSPS) is 15.1. The van der Waals surface area contributed by atoms with Crippen molar-refractivity contribution < 1.29 is 4.79 Å². The summed E-state index contributed by atoms with van der Waals surface area (Å²) in [6.07, 6.45) is 2.23. The third-order valence-corrected chi connectivity index (χ3v) is 3.44. The van der Waals surface area contributed by atoms with Crippen molar-refractivity contribution >= 4 is 17.6 Å². The second-order valence-electron chi connectivity index (χ2n) is 4.42. The summed E-state index contributed by atoms with van der Waals surface area (Å²) in [6, 6.07) is 7.74. The van der Waals surface area contributed by atoms with Gasteiger partial charge in [0, 0.05) is 31.7 Å². The lowest BCUT2D eigenvalue weighted by Crippen LogP contribution is -2.38. The summed E-state index contributed by atoms with van der Waals surface area (Å²) in [6.45, 7) is 2.33. The van der Waals surface area contributed by atoms with E-state index in [0.717, 1.165) is 31.5 Å². The Balaban J connectivity index is 1.99. The maximum absolute atomic E-state index is 12.1. The van der Waals surface area contributed by atoms with Crippen LogP contribution in [-0.2, 0) is 6.54 Å². The van der Waals surface area contributed by atoms with E-state index in [-0.39, 0.29) is 6.03 Å². The van der Waals surface area contributed by atoms with E-state index in [4.69, 9.17) is 11.6 Å². The molecule has 0 radical (unpaired) electrons. The zero-order chi connectivity index (χ0) is 12.3. The molecule has 0 unspecified atom stereocenters. The highest BCUT2D eigenvalue weighted by Crippen LogP contribution is 2.18. The largest absolute Gasteiger partial charge is 0.325 e. The standard InChI is InChI=1S/C13H17ClN2O/c1-15(13(17)16-8-4-5-9-16)10-11-6-2-3-7-12(11)14/h2-3,6-7H,4-5,8-10H2,1H3. The van der Waals surface area contributed by atoms with E-state index in [9.17, 15) is 4.79 Å². The van der Waals surface area contributed by atoms with Crippen LogP contribution >= 0.6 is 11.6 Å². The smallest absolute Gasteiger partial charge is 0.320 e. The third-order valence-electron chi connectivity index (χ3n) is 3.07. The predicted molar refractivity (Wildman–Crippen MR) is 69.1 cm³/mol. The van der Waals surface area contributed by atoms with Gasteiger partial charge in [-0.1, -0.05) is 29.8 Å². The van der Waals surface area contributed by atoms with Crippen molar-refractivity contribution in [2.24, 2.45) is 0 Å². The first kappa shape index (κ1) is 12.2. The summed E-state index contributed by atoms with van der Waals surface area (Å²) >= 11 is 6.08. The van der Waals surface area contributed by atoms with Crippen molar-refractivity contribution in [2.45, 2.75) is 19.4 Å². The molecule has 1 aromatic rings. The first-order valence-corrected chi connectivity index (χ1v) is 6.30. The van der Waals surface area contributed by atoms with E-state index in [2.05, 4.69) is 0 Å². The molecular formula is C13H17ClN2O. The Bertz CT molecular complexity index is 402. The molecule has 1 aliphatic rings. The highest BCUT2D eigenvalue weighted by Gasteiger charge is 2.21. The molecule has 1 saturated heterocycles. The third kappa shape index (κ3) is 2.91. The zero-order valence-electron chi connectivity index (χ0n) is 10.0. The maximum Gasteiger partial charge on any atom is 0.320 e. The van der Waals surface area contributed by atoms with Gasteiger partial charge in [-0.3, -0.25) is 0 Å². The molecule has 0 aliphatic carbocycles. The lowest BCUT2D eigenvalue weighted by Gasteiger charge is -2.24. The summed E-state index contributed by atoms with van der Waals surface area (Å²) in [4.78, 5) is 15.7. The molecular weight excluding hydrogens is 236 g/mol. The number of nitrogens with zero attached hydrogens (tertiary/aromatic N) is 2. The predicted octanol–water partition coefficient (Wildman–Crippen LogP) is 2.99. The molecule has 1 fully saturated rings. The molecule has 2 amide bonds. The summed E-state index contributed by atoms with van der Waals surface area (Å²) in [5.74, 6) is 0. The van der Waals surface area contributed by atoms with Crippen LogP contribution in [0.5, 0.6) is 0 Å². The molecule has 0 aromatic heterocycles. The highest BCUT2D eigenvalue weighted by molar-refractivity contribution is 6.31. The van der Waals surface area contributed by atoms with Crippen molar-refractivity contribution in [1.29, 1.82) is 0 Å². The number of carbonyl (C=O) groups excluding carboxylic acids is 1. The Morgan fingerprint density at radius 2 is 2.00 bits per heavy atom. The van der Waals surface area contributed by atoms with E-state index in [0.29, 0.717) is 11.6 Å². The molecule has 0 atom stereocenters. The van der Waals surface area contributed by atoms with Crippen LogP contribution < -0.4 is 0 Å². The number of benzene rings is 1. The fraction of sp³-hybridized carbons (Fsp3) is 0.462. The van der Waals surface area contributed by atoms with E-state index in [1.54, 1.807) is 4.90 Å². The lowest BCUT2D eigenvalue weighted by molar-refractivity contribution is 0.171. The van der Waals surface area contributed by atoms with Gasteiger partial charge in [0.2, 0.25) is 0 Å². The molecule has 4 heteroatoms. The van der Waals surface area contributed by atoms with Crippen LogP contribution in [-0.4, -0.2) is 36.0 Å². The summed E-state index contributed by atoms with van der Waals surface area (Å²) in [7, 11) is 1.82. The molecule has 1 heterocycles. The Hall–Kier alpha value is -1.22. The number of carbonyl (C=O) groups is 1. The topological polar surface area (TPSA) is 23.6 Å². The van der Waals surface area contributed by atoms with Crippen molar-refractivity contribution in [3.05, 3.63) is 34.9 Å². The number of rotatable bonds is 2. The van der Waals surface area contributed by atoms with Crippen LogP contribution in [0.4, 0.5) is 4.79 Å². The minimum atomic E-state index is 0.0995. The highest BCUT2D eigenvalue weighted by atomic mass is 35.5. The van der Waals surface area contributed by atoms with E-state index < -0.39 is 0 Å². The molecule has 1 aromatic carbocycles. The number of amides is 2. The number of halogens is 1. The van der Waals surface area contributed by atoms with Crippen molar-refractivity contribution in [1.82, 2.24) is 9.80 Å². The fourth-order valence-corrected chi connectivity index (χ4v) is 2.30. The maximum atomic E-state index is 12.1. The zero-order valence-corrected chi connectivity index (χ0v) is 10.8. The second kappa shape index (κ2) is 5.41. The molecule has 0 N–H and O–H groups in total. The lowest BCUT2D eigenvalue weighted by atomic mass is 10.2. The van der Waals surface area contributed by atoms with Gasteiger partial charge in [0.05, 0.1) is 0 Å². The van der Waals surface area contributed by atoms with Crippen LogP contribution in [0, 0.1) is 0 Å². The van der Waals surface area contributed by atoms with E-state index in [1.807, 2.05) is 36.2 Å². The average Bonchev–Trinajstić information content (AvgIpc) is 2.84. The summed E-state index contributed by atoms with van der Waals surface area (Å²) in [5, 5.41) is 0.716. The van der Waals surface area contributed by atoms with Crippen LogP contribution in [0.25, 0.3) is 0 Å². The van der Waals surface area contributed by atoms with Gasteiger partial charge in [0.15, 0.2) is 0 Å². The SMILES string of the molecule is CN(Cc1ccccc1Cl)C(=O)N1CCCC1. The van der Waals surface area contributed by atoms with Crippen LogP contribution in [0.1, 0.15) is 18.4 Å². The first-order chi connectivity index (χ1) is 8.18. The number of urea groups is 1. The molecule has 17 heavy (non-hydrogen) atoms. The van der Waals surface area contributed by atoms with Gasteiger partial charge in [-0.15, -0.1) is 0 Å². The van der Waals surface area contributed by atoms with Crippen molar-refractivity contribution in [3.8, 4) is 0 Å². The molecule has 92 valence electrons. The quantitative estimate of drug-likeness (QED) is 0.794. The minimum Gasteiger partial charge on any atom is -0.325 e. The van der Waals surface area contributed by atoms with E-state index in [1.165, 1.54) is 0 Å². The Kier molecular flexibility index (Phi) is 3.89. The van der Waals surface area contributed by atoms with Crippen LogP contribution in [0.15, 0.2) is 24.3 Å².